The Kier molecular flexibility index (Phi) is 5.41. The van der Waals surface area contributed by atoms with E-state index in [0.29, 0.717) is 29.3 Å². The maximum absolute atomic E-state index is 12.3. The lowest BCUT2D eigenvalue weighted by Gasteiger charge is -2.30. The van der Waals surface area contributed by atoms with E-state index in [1.165, 1.54) is 12.8 Å². The summed E-state index contributed by atoms with van der Waals surface area (Å²) >= 11 is 6.18. The molecule has 0 spiro atoms. The van der Waals surface area contributed by atoms with Crippen molar-refractivity contribution >= 4 is 23.3 Å². The number of urea groups is 1. The Hall–Kier alpha value is -1.30. The third kappa shape index (κ3) is 4.37. The lowest BCUT2D eigenvalue weighted by molar-refractivity contribution is -0.00889. The van der Waals surface area contributed by atoms with Crippen LogP contribution in [0.2, 0.25) is 5.02 Å². The van der Waals surface area contributed by atoms with Crippen LogP contribution in [0.5, 0.6) is 0 Å². The molecule has 5 nitrogen and oxygen atoms in total. The second-order valence-corrected chi connectivity index (χ2v) is 6.67. The Morgan fingerprint density at radius 1 is 1.39 bits per heavy atom. The number of hydrogen-bond acceptors (Lipinski definition) is 3. The zero-order valence-electron chi connectivity index (χ0n) is 13.3. The highest BCUT2D eigenvalue weighted by Crippen LogP contribution is 2.38. The van der Waals surface area contributed by atoms with Gasteiger partial charge in [0.2, 0.25) is 0 Å². The number of halogens is 1. The molecule has 1 aliphatic carbocycles. The molecule has 23 heavy (non-hydrogen) atoms. The maximum Gasteiger partial charge on any atom is 0.319 e. The fraction of sp³-hybridized carbons (Fsp3) is 0.588. The van der Waals surface area contributed by atoms with E-state index in [1.54, 1.807) is 13.2 Å². The average Bonchev–Trinajstić information content (AvgIpc) is 3.36. The van der Waals surface area contributed by atoms with E-state index in [1.807, 2.05) is 12.1 Å². The van der Waals surface area contributed by atoms with Gasteiger partial charge in [0, 0.05) is 36.0 Å². The van der Waals surface area contributed by atoms with Gasteiger partial charge in [0.25, 0.3) is 0 Å². The second kappa shape index (κ2) is 7.51. The molecule has 0 unspecified atom stereocenters. The minimum absolute atomic E-state index is 0.166. The summed E-state index contributed by atoms with van der Waals surface area (Å²) in [7, 11) is 1.60. The molecule has 2 fully saturated rings. The zero-order valence-corrected chi connectivity index (χ0v) is 14.1. The molecule has 2 amide bonds. The van der Waals surface area contributed by atoms with Crippen LogP contribution in [0.15, 0.2) is 18.2 Å². The first kappa shape index (κ1) is 16.6. The van der Waals surface area contributed by atoms with Gasteiger partial charge in [-0.25, -0.2) is 4.79 Å². The highest BCUT2D eigenvalue weighted by atomic mass is 35.5. The van der Waals surface area contributed by atoms with Gasteiger partial charge in [0.1, 0.15) is 0 Å². The summed E-state index contributed by atoms with van der Waals surface area (Å²) in [6.45, 7) is 1.08. The molecule has 2 aliphatic rings. The number of rotatable bonds is 5. The number of methoxy groups -OCH3 is 1. The van der Waals surface area contributed by atoms with Crippen molar-refractivity contribution in [2.45, 2.75) is 44.4 Å². The van der Waals surface area contributed by atoms with Crippen LogP contribution in [0.1, 0.15) is 31.2 Å². The first-order chi connectivity index (χ1) is 11.2. The van der Waals surface area contributed by atoms with Gasteiger partial charge in [0.15, 0.2) is 0 Å². The van der Waals surface area contributed by atoms with Crippen LogP contribution in [0.25, 0.3) is 0 Å². The Balaban J connectivity index is 1.57. The predicted molar refractivity (Wildman–Crippen MR) is 89.8 cm³/mol. The number of nitrogens with one attached hydrogen (secondary N) is 2. The van der Waals surface area contributed by atoms with Gasteiger partial charge in [-0.2, -0.15) is 0 Å². The van der Waals surface area contributed by atoms with Crippen LogP contribution >= 0.6 is 11.6 Å². The molecule has 1 aromatic rings. The summed E-state index contributed by atoms with van der Waals surface area (Å²) in [4.78, 5) is 12.3. The van der Waals surface area contributed by atoms with Crippen LogP contribution in [-0.2, 0) is 16.1 Å². The van der Waals surface area contributed by atoms with E-state index in [0.717, 1.165) is 25.0 Å². The highest BCUT2D eigenvalue weighted by molar-refractivity contribution is 6.31. The first-order valence-electron chi connectivity index (χ1n) is 8.13. The van der Waals surface area contributed by atoms with Crippen LogP contribution in [0, 0.1) is 5.92 Å². The largest absolute Gasteiger partial charge is 0.380 e. The van der Waals surface area contributed by atoms with Gasteiger partial charge in [-0.3, -0.25) is 0 Å². The Labute approximate surface area is 141 Å². The summed E-state index contributed by atoms with van der Waals surface area (Å²) in [6.07, 6.45) is 4.58. The number of carbonyl (C=O) groups excluding carboxylic acids is 1. The van der Waals surface area contributed by atoms with Crippen molar-refractivity contribution < 1.29 is 14.3 Å². The summed E-state index contributed by atoms with van der Waals surface area (Å²) in [6, 6.07) is 5.40. The lowest BCUT2D eigenvalue weighted by atomic mass is 10.0. The quantitative estimate of drug-likeness (QED) is 0.863. The monoisotopic (exact) mass is 338 g/mol. The lowest BCUT2D eigenvalue weighted by Crippen LogP contribution is -2.44. The van der Waals surface area contributed by atoms with Gasteiger partial charge in [0.05, 0.1) is 12.7 Å². The van der Waals surface area contributed by atoms with Crippen molar-refractivity contribution in [3.05, 3.63) is 28.8 Å². The van der Waals surface area contributed by atoms with Gasteiger partial charge >= 0.3 is 6.03 Å². The molecule has 1 aromatic carbocycles. The van der Waals surface area contributed by atoms with E-state index in [2.05, 4.69) is 10.6 Å². The zero-order chi connectivity index (χ0) is 16.2. The van der Waals surface area contributed by atoms with Crippen LogP contribution < -0.4 is 10.6 Å². The molecule has 0 aromatic heterocycles. The molecular weight excluding hydrogens is 316 g/mol. The third-order valence-corrected chi connectivity index (χ3v) is 4.81. The van der Waals surface area contributed by atoms with E-state index in [4.69, 9.17) is 21.1 Å². The molecule has 126 valence electrons. The highest BCUT2D eigenvalue weighted by Gasteiger charge is 2.36. The van der Waals surface area contributed by atoms with Crippen molar-refractivity contribution in [3.8, 4) is 0 Å². The van der Waals surface area contributed by atoms with E-state index >= 15 is 0 Å². The minimum Gasteiger partial charge on any atom is -0.380 e. The van der Waals surface area contributed by atoms with Crippen LogP contribution in [0.3, 0.4) is 0 Å². The fourth-order valence-electron chi connectivity index (χ4n) is 3.07. The van der Waals surface area contributed by atoms with Crippen LogP contribution in [-0.4, -0.2) is 31.9 Å². The SMILES string of the molecule is COCc1c(Cl)cccc1NC(=O)N[C@@H]1CCO[C@H](C2CC2)C1. The van der Waals surface area contributed by atoms with Gasteiger partial charge in [-0.1, -0.05) is 17.7 Å². The number of carbonyl (C=O) groups is 1. The second-order valence-electron chi connectivity index (χ2n) is 6.27. The Morgan fingerprint density at radius 2 is 2.22 bits per heavy atom. The number of ether oxygens (including phenoxy) is 2. The molecule has 1 saturated carbocycles. The normalized spacial score (nSPS) is 24.3. The molecule has 1 saturated heterocycles. The number of amides is 2. The molecule has 2 atom stereocenters. The third-order valence-electron chi connectivity index (χ3n) is 4.45. The van der Waals surface area contributed by atoms with Gasteiger partial charge < -0.3 is 20.1 Å². The molecule has 0 bridgehead atoms. The van der Waals surface area contributed by atoms with Gasteiger partial charge in [-0.05, 0) is 43.7 Å². The predicted octanol–water partition coefficient (Wildman–Crippen LogP) is 3.57. The fourth-order valence-corrected chi connectivity index (χ4v) is 3.30. The molecular formula is C17H23ClN2O3. The number of benzene rings is 1. The summed E-state index contributed by atoms with van der Waals surface area (Å²) in [5.41, 5.74) is 1.47. The van der Waals surface area contributed by atoms with Crippen molar-refractivity contribution in [2.24, 2.45) is 5.92 Å². The van der Waals surface area contributed by atoms with Crippen molar-refractivity contribution in [1.29, 1.82) is 0 Å². The van der Waals surface area contributed by atoms with Crippen molar-refractivity contribution in [3.63, 3.8) is 0 Å². The number of anilines is 1. The van der Waals surface area contributed by atoms with E-state index < -0.39 is 0 Å². The maximum atomic E-state index is 12.3. The molecule has 2 N–H and O–H groups in total. The van der Waals surface area contributed by atoms with Gasteiger partial charge in [-0.15, -0.1) is 0 Å². The molecule has 0 radical (unpaired) electrons. The summed E-state index contributed by atoms with van der Waals surface area (Å²) in [5, 5.41) is 6.53. The standard InChI is InChI=1S/C17H23ClN2O3/c1-22-10-13-14(18)3-2-4-15(13)20-17(21)19-12-7-8-23-16(9-12)11-5-6-11/h2-4,11-12,16H,5-10H2,1H3,(H2,19,20,21)/t12-,16+/m1/s1. The molecule has 1 heterocycles. The van der Waals surface area contributed by atoms with E-state index in [-0.39, 0.29) is 12.1 Å². The first-order valence-corrected chi connectivity index (χ1v) is 8.50. The van der Waals surface area contributed by atoms with Crippen molar-refractivity contribution in [2.75, 3.05) is 19.0 Å². The van der Waals surface area contributed by atoms with E-state index in [9.17, 15) is 4.79 Å². The average molecular weight is 339 g/mol. The Bertz CT molecular complexity index is 563. The summed E-state index contributed by atoms with van der Waals surface area (Å²) in [5.74, 6) is 0.698. The molecule has 3 rings (SSSR count). The summed E-state index contributed by atoms with van der Waals surface area (Å²) < 4.78 is 10.9. The minimum atomic E-state index is -0.203. The molecule has 6 heteroatoms. The topological polar surface area (TPSA) is 59.6 Å². The molecule has 1 aliphatic heterocycles. The smallest absolute Gasteiger partial charge is 0.319 e. The van der Waals surface area contributed by atoms with Crippen molar-refractivity contribution in [1.82, 2.24) is 5.32 Å². The Morgan fingerprint density at radius 3 is 2.96 bits per heavy atom. The number of hydrogen-bond donors (Lipinski definition) is 2. The van der Waals surface area contributed by atoms with Crippen LogP contribution in [0.4, 0.5) is 10.5 Å².